The van der Waals surface area contributed by atoms with Crippen molar-refractivity contribution in [2.24, 2.45) is 0 Å². The van der Waals surface area contributed by atoms with E-state index in [-0.39, 0.29) is 10.9 Å². The van der Waals surface area contributed by atoms with Crippen LogP contribution >= 0.6 is 34.8 Å². The molecule has 0 aromatic heterocycles. The van der Waals surface area contributed by atoms with Gasteiger partial charge in [0.2, 0.25) is 0 Å². The molecular weight excluding hydrogens is 284 g/mol. The van der Waals surface area contributed by atoms with Crippen LogP contribution in [0.4, 0.5) is 0 Å². The van der Waals surface area contributed by atoms with Crippen molar-refractivity contribution in [1.29, 1.82) is 0 Å². The number of rotatable bonds is 2. The summed E-state index contributed by atoms with van der Waals surface area (Å²) in [6.07, 6.45) is 3.16. The summed E-state index contributed by atoms with van der Waals surface area (Å²) >= 11 is 7.64. The van der Waals surface area contributed by atoms with E-state index in [4.69, 9.17) is 12.2 Å². The Hall–Kier alpha value is -0.530. The predicted molar refractivity (Wildman–Crippen MR) is 82.7 cm³/mol. The third-order valence-electron chi connectivity index (χ3n) is 3.52. The number of nitrogens with zero attached hydrogens (tertiary/aromatic N) is 4. The Labute approximate surface area is 119 Å². The normalized spacial score (nSPS) is 29.3. The highest BCUT2D eigenvalue weighted by Gasteiger charge is 2.54. The summed E-state index contributed by atoms with van der Waals surface area (Å²) in [6, 6.07) is 0. The minimum absolute atomic E-state index is 0.0150. The Morgan fingerprint density at radius 1 is 1.44 bits per heavy atom. The molecule has 0 saturated carbocycles. The number of hydrogen-bond donors (Lipinski definition) is 0. The lowest BCUT2D eigenvalue weighted by atomic mass is 10.3. The van der Waals surface area contributed by atoms with E-state index in [0.29, 0.717) is 0 Å². The topological polar surface area (TPSA) is 12.7 Å². The minimum atomic E-state index is 0.0150. The Balaban J connectivity index is 1.85. The molecule has 0 radical (unpaired) electrons. The van der Waals surface area contributed by atoms with Crippen LogP contribution in [0.5, 0.6) is 0 Å². The maximum atomic E-state index is 5.65. The van der Waals surface area contributed by atoms with Gasteiger partial charge in [-0.25, -0.2) is 0 Å². The van der Waals surface area contributed by atoms with Gasteiger partial charge in [-0.15, -0.1) is 6.58 Å². The Kier molecular flexibility index (Phi) is 2.50. The second kappa shape index (κ2) is 3.98. The lowest BCUT2D eigenvalue weighted by molar-refractivity contribution is -0.341. The molecule has 4 rings (SSSR count). The van der Waals surface area contributed by atoms with Crippen molar-refractivity contribution in [3.05, 3.63) is 12.7 Å². The second-order valence-electron chi connectivity index (χ2n) is 4.57. The van der Waals surface area contributed by atoms with Gasteiger partial charge in [0.1, 0.15) is 6.54 Å². The number of thioether (sulfide) groups is 1. The molecule has 0 bridgehead atoms. The fourth-order valence-electron chi connectivity index (χ4n) is 2.83. The smallest absolute Gasteiger partial charge is 0.275 e. The van der Waals surface area contributed by atoms with Gasteiger partial charge in [-0.2, -0.15) is 8.88 Å². The highest BCUT2D eigenvalue weighted by atomic mass is 32.2. The van der Waals surface area contributed by atoms with Crippen LogP contribution in [0.15, 0.2) is 12.7 Å². The summed E-state index contributed by atoms with van der Waals surface area (Å²) in [5, 5.41) is 3.87. The molecule has 4 aliphatic rings. The Bertz CT molecular complexity index is 524. The van der Waals surface area contributed by atoms with E-state index in [9.17, 15) is 0 Å². The fraction of sp³-hybridized carbons (Fsp3) is 0.545. The van der Waals surface area contributed by atoms with Crippen molar-refractivity contribution in [2.45, 2.75) is 6.42 Å². The molecule has 0 N–H and O–H groups in total. The molecule has 0 spiro atoms. The van der Waals surface area contributed by atoms with E-state index in [2.05, 4.69) is 24.7 Å². The van der Waals surface area contributed by atoms with E-state index in [0.717, 1.165) is 31.3 Å². The molecule has 4 aliphatic heterocycles. The average molecular weight is 299 g/mol. The van der Waals surface area contributed by atoms with Crippen molar-refractivity contribution in [3.63, 3.8) is 0 Å². The summed E-state index contributed by atoms with van der Waals surface area (Å²) in [4.78, 5) is 4.84. The molecule has 1 unspecified atom stereocenters. The van der Waals surface area contributed by atoms with Gasteiger partial charge in [-0.1, -0.05) is 6.08 Å². The van der Waals surface area contributed by atoms with Crippen molar-refractivity contribution < 1.29 is 3.98 Å². The van der Waals surface area contributed by atoms with Gasteiger partial charge < -0.3 is 0 Å². The van der Waals surface area contributed by atoms with Gasteiger partial charge in [0.25, 0.3) is 5.11 Å². The Morgan fingerprint density at radius 3 is 3.11 bits per heavy atom. The van der Waals surface area contributed by atoms with Crippen LogP contribution in [0, 0.1) is 0 Å². The van der Waals surface area contributed by atoms with Crippen molar-refractivity contribution >= 4 is 50.2 Å². The molecule has 0 aliphatic carbocycles. The summed E-state index contributed by atoms with van der Waals surface area (Å²) in [6.45, 7) is 8.10. The molecule has 4 heterocycles. The zero-order valence-electron chi connectivity index (χ0n) is 10.0. The summed E-state index contributed by atoms with van der Waals surface area (Å²) in [5.74, 6) is 1.21. The van der Waals surface area contributed by atoms with Gasteiger partial charge >= 0.3 is 5.17 Å². The van der Waals surface area contributed by atoms with Gasteiger partial charge in [0.05, 0.1) is 13.1 Å². The van der Waals surface area contributed by atoms with E-state index in [1.54, 1.807) is 0 Å². The van der Waals surface area contributed by atoms with Crippen LogP contribution < -0.4 is 0 Å². The largest absolute Gasteiger partial charge is 0.328 e. The summed E-state index contributed by atoms with van der Waals surface area (Å²) in [7, 11) is 0.0150. The third kappa shape index (κ3) is 1.27. The first-order valence-electron chi connectivity index (χ1n) is 6.19. The van der Waals surface area contributed by atoms with Crippen molar-refractivity contribution in [1.82, 2.24) is 14.1 Å². The van der Waals surface area contributed by atoms with Crippen LogP contribution in [0.1, 0.15) is 6.42 Å². The number of fused-ring (bicyclic) bond motifs is 2. The highest BCUT2D eigenvalue weighted by molar-refractivity contribution is 8.17. The molecule has 1 saturated heterocycles. The molecule has 7 heteroatoms. The SMILES string of the molecule is C=CCN1C(=S)N2CCCN3C4=[N+](CCS4)S1=C23. The van der Waals surface area contributed by atoms with Crippen LogP contribution in [-0.4, -0.2) is 65.4 Å². The van der Waals surface area contributed by atoms with Crippen molar-refractivity contribution in [2.75, 3.05) is 31.9 Å². The fourth-order valence-corrected chi connectivity index (χ4v) is 7.30. The summed E-state index contributed by atoms with van der Waals surface area (Å²) < 4.78 is 4.88. The number of hydrogen-bond acceptors (Lipinski definition) is 3. The molecular formula is C11H15N4S3+. The van der Waals surface area contributed by atoms with Crippen LogP contribution in [0.3, 0.4) is 0 Å². The quantitative estimate of drug-likeness (QED) is 0.429. The molecule has 0 amide bonds. The van der Waals surface area contributed by atoms with Gasteiger partial charge in [0.15, 0.2) is 16.0 Å². The first kappa shape index (κ1) is 11.3. The van der Waals surface area contributed by atoms with Gasteiger partial charge in [0, 0.05) is 18.7 Å². The standard InChI is InChI=1S/C11H15N4S3/c1-2-4-14-9(16)12-5-3-6-13-10-15(7-8-17-10)18(14)11(12)13/h2H,1,3-8H2/q+1. The van der Waals surface area contributed by atoms with Gasteiger partial charge in [-0.3, -0.25) is 9.21 Å². The van der Waals surface area contributed by atoms with Crippen molar-refractivity contribution in [3.8, 4) is 0 Å². The Morgan fingerprint density at radius 2 is 2.28 bits per heavy atom. The monoisotopic (exact) mass is 299 g/mol. The van der Waals surface area contributed by atoms with E-state index < -0.39 is 0 Å². The number of amidine groups is 1. The summed E-state index contributed by atoms with van der Waals surface area (Å²) in [5.41, 5.74) is 0. The molecule has 1 fully saturated rings. The van der Waals surface area contributed by atoms with E-state index >= 15 is 0 Å². The van der Waals surface area contributed by atoms with E-state index in [1.807, 2.05) is 17.8 Å². The zero-order chi connectivity index (χ0) is 12.3. The molecule has 1 atom stereocenters. The maximum Gasteiger partial charge on any atom is 0.328 e. The lowest BCUT2D eigenvalue weighted by Gasteiger charge is -2.29. The average Bonchev–Trinajstić information content (AvgIpc) is 3.01. The third-order valence-corrected chi connectivity index (χ3v) is 7.55. The minimum Gasteiger partial charge on any atom is -0.275 e. The maximum absolute atomic E-state index is 5.65. The highest BCUT2D eigenvalue weighted by Crippen LogP contribution is 2.43. The van der Waals surface area contributed by atoms with E-state index in [1.165, 1.54) is 22.5 Å². The molecule has 0 aromatic carbocycles. The lowest BCUT2D eigenvalue weighted by Crippen LogP contribution is -2.51. The molecule has 4 nitrogen and oxygen atoms in total. The zero-order valence-corrected chi connectivity index (χ0v) is 12.5. The van der Waals surface area contributed by atoms with Crippen LogP contribution in [0.2, 0.25) is 0 Å². The van der Waals surface area contributed by atoms with Crippen LogP contribution in [-0.2, 0) is 0 Å². The van der Waals surface area contributed by atoms with Crippen LogP contribution in [0.25, 0.3) is 0 Å². The second-order valence-corrected chi connectivity index (χ2v) is 7.77. The van der Waals surface area contributed by atoms with Gasteiger partial charge in [-0.05, 0) is 24.0 Å². The first-order valence-corrected chi connectivity index (χ1v) is 8.72. The first-order chi connectivity index (χ1) is 8.83. The predicted octanol–water partition coefficient (Wildman–Crippen LogP) is 1.10. The molecule has 0 aromatic rings. The molecule has 18 heavy (non-hydrogen) atoms. The number of thiocarbonyl (C=S) groups is 1. The molecule has 96 valence electrons.